The number of para-hydroxylation sites is 2. The molecule has 0 aliphatic carbocycles. The predicted octanol–water partition coefficient (Wildman–Crippen LogP) is 8.64. The lowest BCUT2D eigenvalue weighted by molar-refractivity contribution is 1.01. The normalized spacial score (nSPS) is 11.9. The van der Waals surface area contributed by atoms with E-state index in [-0.39, 0.29) is 0 Å². The molecule has 3 heterocycles. The summed E-state index contributed by atoms with van der Waals surface area (Å²) in [4.78, 5) is 20.2. The molecule has 0 amide bonds. The highest BCUT2D eigenvalue weighted by Crippen LogP contribution is 2.36. The maximum Gasteiger partial charge on any atom is 0.235 e. The molecule has 6 aromatic carbocycles. The van der Waals surface area contributed by atoms with E-state index in [2.05, 4.69) is 120 Å². The first-order valence-corrected chi connectivity index (χ1v) is 13.7. The Morgan fingerprint density at radius 3 is 1.71 bits per heavy atom. The van der Waals surface area contributed by atoms with Gasteiger partial charge in [0.1, 0.15) is 11.0 Å². The van der Waals surface area contributed by atoms with Crippen molar-refractivity contribution in [2.75, 3.05) is 0 Å². The van der Waals surface area contributed by atoms with Gasteiger partial charge in [-0.25, -0.2) is 19.9 Å². The van der Waals surface area contributed by atoms with Crippen LogP contribution in [0.3, 0.4) is 0 Å². The van der Waals surface area contributed by atoms with Crippen LogP contribution in [-0.2, 0) is 0 Å². The van der Waals surface area contributed by atoms with Crippen molar-refractivity contribution in [3.05, 3.63) is 128 Å². The Morgan fingerprint density at radius 2 is 1.00 bits per heavy atom. The van der Waals surface area contributed by atoms with E-state index in [0.717, 1.165) is 54.6 Å². The number of aromatic nitrogens is 5. The summed E-state index contributed by atoms with van der Waals surface area (Å²) in [6.45, 7) is 0. The molecule has 5 heteroatoms. The van der Waals surface area contributed by atoms with Gasteiger partial charge in [0, 0.05) is 39.5 Å². The zero-order valence-corrected chi connectivity index (χ0v) is 21.9. The molecule has 0 radical (unpaired) electrons. The average Bonchev–Trinajstić information content (AvgIpc) is 3.38. The molecular formula is C36H21N5. The van der Waals surface area contributed by atoms with Crippen molar-refractivity contribution in [2.24, 2.45) is 0 Å². The van der Waals surface area contributed by atoms with E-state index in [9.17, 15) is 0 Å². The minimum absolute atomic E-state index is 0.623. The van der Waals surface area contributed by atoms with E-state index in [4.69, 9.17) is 19.9 Å². The van der Waals surface area contributed by atoms with E-state index >= 15 is 0 Å². The molecule has 9 aromatic rings. The van der Waals surface area contributed by atoms with Crippen LogP contribution >= 0.6 is 0 Å². The first kappa shape index (κ1) is 22.2. The smallest absolute Gasteiger partial charge is 0.235 e. The summed E-state index contributed by atoms with van der Waals surface area (Å²) in [7, 11) is 0. The fraction of sp³-hybridized carbons (Fsp3) is 0. The Balaban J connectivity index is 1.37. The molecular weight excluding hydrogens is 502 g/mol. The van der Waals surface area contributed by atoms with Gasteiger partial charge >= 0.3 is 0 Å². The number of hydrogen-bond acceptors (Lipinski definition) is 4. The topological polar surface area (TPSA) is 56.5 Å². The molecule has 0 atom stereocenters. The SMILES string of the molecule is c1ccc2cc(-c3ncc4c5ccccc5c5cnc(-n6c7ccccc7c7ccccc76)nc5c4n3)ccc2c1. The van der Waals surface area contributed by atoms with Gasteiger partial charge in [0.05, 0.1) is 11.0 Å². The standard InChI is InChI=1S/C36H21N5/c1-2-10-23-19-24(18-17-22(23)9-1)35-37-20-29-25-11-3-4-12-26(25)30-21-38-36(40-34(30)33(29)39-35)41-31-15-7-5-13-27(31)28-14-6-8-16-32(28)41/h1-21H. The van der Waals surface area contributed by atoms with Crippen LogP contribution in [0.5, 0.6) is 0 Å². The highest BCUT2D eigenvalue weighted by molar-refractivity contribution is 6.23. The first-order chi connectivity index (χ1) is 20.3. The molecule has 0 bridgehead atoms. The van der Waals surface area contributed by atoms with Gasteiger partial charge in [0.15, 0.2) is 5.82 Å². The Morgan fingerprint density at radius 1 is 0.439 bits per heavy atom. The van der Waals surface area contributed by atoms with Crippen LogP contribution in [0, 0.1) is 0 Å². The third-order valence-electron chi connectivity index (χ3n) is 8.08. The average molecular weight is 524 g/mol. The Hall–Kier alpha value is -5.68. The maximum atomic E-state index is 5.24. The van der Waals surface area contributed by atoms with Gasteiger partial charge in [0.25, 0.3) is 0 Å². The first-order valence-electron chi connectivity index (χ1n) is 13.7. The molecule has 0 N–H and O–H groups in total. The van der Waals surface area contributed by atoms with E-state index in [1.807, 2.05) is 12.4 Å². The summed E-state index contributed by atoms with van der Waals surface area (Å²) in [5.74, 6) is 1.30. The van der Waals surface area contributed by atoms with Gasteiger partial charge in [-0.3, -0.25) is 4.57 Å². The van der Waals surface area contributed by atoms with Gasteiger partial charge in [-0.2, -0.15) is 0 Å². The molecule has 41 heavy (non-hydrogen) atoms. The van der Waals surface area contributed by atoms with Crippen LogP contribution in [0.1, 0.15) is 0 Å². The molecule has 0 saturated carbocycles. The third kappa shape index (κ3) is 3.23. The van der Waals surface area contributed by atoms with Crippen molar-refractivity contribution < 1.29 is 0 Å². The molecule has 0 aliphatic heterocycles. The van der Waals surface area contributed by atoms with E-state index in [1.54, 1.807) is 0 Å². The highest BCUT2D eigenvalue weighted by atomic mass is 15.2. The second kappa shape index (κ2) is 8.41. The van der Waals surface area contributed by atoms with Crippen molar-refractivity contribution in [1.29, 1.82) is 0 Å². The zero-order chi connectivity index (χ0) is 26.9. The Labute approximate surface area is 234 Å². The number of nitrogens with zero attached hydrogens (tertiary/aromatic N) is 5. The minimum Gasteiger partial charge on any atom is -0.278 e. The van der Waals surface area contributed by atoms with Crippen LogP contribution in [0.2, 0.25) is 0 Å². The quantitative estimate of drug-likeness (QED) is 0.213. The van der Waals surface area contributed by atoms with Crippen LogP contribution < -0.4 is 0 Å². The van der Waals surface area contributed by atoms with Gasteiger partial charge in [-0.05, 0) is 39.7 Å². The van der Waals surface area contributed by atoms with Gasteiger partial charge in [-0.15, -0.1) is 0 Å². The second-order valence-corrected chi connectivity index (χ2v) is 10.4. The highest BCUT2D eigenvalue weighted by Gasteiger charge is 2.17. The summed E-state index contributed by atoms with van der Waals surface area (Å²) >= 11 is 0. The fourth-order valence-electron chi connectivity index (χ4n) is 6.18. The van der Waals surface area contributed by atoms with Gasteiger partial charge in [-0.1, -0.05) is 97.1 Å². The number of hydrogen-bond donors (Lipinski definition) is 0. The molecule has 0 spiro atoms. The molecule has 0 saturated heterocycles. The van der Waals surface area contributed by atoms with E-state index in [0.29, 0.717) is 11.8 Å². The third-order valence-corrected chi connectivity index (χ3v) is 8.08. The van der Waals surface area contributed by atoms with Crippen molar-refractivity contribution in [3.8, 4) is 17.3 Å². The Bertz CT molecular complexity index is 2440. The van der Waals surface area contributed by atoms with Crippen LogP contribution in [0.15, 0.2) is 128 Å². The largest absolute Gasteiger partial charge is 0.278 e. The lowest BCUT2D eigenvalue weighted by atomic mass is 10.0. The van der Waals surface area contributed by atoms with Gasteiger partial charge < -0.3 is 0 Å². The number of fused-ring (bicyclic) bond motifs is 10. The number of rotatable bonds is 2. The summed E-state index contributed by atoms with van der Waals surface area (Å²) in [6, 6.07) is 39.9. The second-order valence-electron chi connectivity index (χ2n) is 10.4. The van der Waals surface area contributed by atoms with Crippen LogP contribution in [0.25, 0.3) is 82.5 Å². The van der Waals surface area contributed by atoms with Crippen molar-refractivity contribution in [3.63, 3.8) is 0 Å². The zero-order valence-electron chi connectivity index (χ0n) is 21.9. The van der Waals surface area contributed by atoms with Crippen LogP contribution in [0.4, 0.5) is 0 Å². The molecule has 190 valence electrons. The minimum atomic E-state index is 0.623. The summed E-state index contributed by atoms with van der Waals surface area (Å²) in [5.41, 5.74) is 4.76. The lowest BCUT2D eigenvalue weighted by Crippen LogP contribution is -2.02. The summed E-state index contributed by atoms with van der Waals surface area (Å²) in [6.07, 6.45) is 3.89. The molecule has 3 aromatic heterocycles. The van der Waals surface area contributed by atoms with Gasteiger partial charge in [0.2, 0.25) is 5.95 Å². The Kier molecular flexibility index (Phi) is 4.55. The summed E-state index contributed by atoms with van der Waals surface area (Å²) < 4.78 is 2.15. The summed E-state index contributed by atoms with van der Waals surface area (Å²) in [5, 5.41) is 8.83. The number of benzene rings is 6. The van der Waals surface area contributed by atoms with Crippen LogP contribution in [-0.4, -0.2) is 24.5 Å². The molecule has 0 fully saturated rings. The van der Waals surface area contributed by atoms with Crippen molar-refractivity contribution in [1.82, 2.24) is 24.5 Å². The molecule has 0 unspecified atom stereocenters. The maximum absolute atomic E-state index is 5.24. The fourth-order valence-corrected chi connectivity index (χ4v) is 6.18. The van der Waals surface area contributed by atoms with Crippen molar-refractivity contribution in [2.45, 2.75) is 0 Å². The van der Waals surface area contributed by atoms with Crippen molar-refractivity contribution >= 4 is 65.2 Å². The predicted molar refractivity (Wildman–Crippen MR) is 167 cm³/mol. The monoisotopic (exact) mass is 523 g/mol. The molecule has 0 aliphatic rings. The van der Waals surface area contributed by atoms with E-state index < -0.39 is 0 Å². The molecule has 5 nitrogen and oxygen atoms in total. The lowest BCUT2D eigenvalue weighted by Gasteiger charge is -2.12. The van der Waals surface area contributed by atoms with E-state index in [1.165, 1.54) is 16.2 Å². The molecule has 9 rings (SSSR count).